The van der Waals surface area contributed by atoms with Crippen LogP contribution in [0.5, 0.6) is 5.75 Å². The van der Waals surface area contributed by atoms with Crippen molar-refractivity contribution in [1.82, 2.24) is 20.0 Å². The van der Waals surface area contributed by atoms with Gasteiger partial charge in [-0.3, -0.25) is 9.67 Å². The van der Waals surface area contributed by atoms with Gasteiger partial charge in [-0.15, -0.1) is 0 Å². The van der Waals surface area contributed by atoms with Crippen LogP contribution in [0, 0.1) is 0 Å². The molecule has 0 saturated carbocycles. The van der Waals surface area contributed by atoms with E-state index in [2.05, 4.69) is 32.6 Å². The molecule has 3 rings (SSSR count). The Morgan fingerprint density at radius 3 is 2.96 bits per heavy atom. The van der Waals surface area contributed by atoms with E-state index in [4.69, 9.17) is 4.74 Å². The zero-order valence-electron chi connectivity index (χ0n) is 15.3. The number of aryl methyl sites for hydroxylation is 1. The third kappa shape index (κ3) is 4.13. The van der Waals surface area contributed by atoms with Gasteiger partial charge in [-0.1, -0.05) is 18.2 Å². The number of hydrogen-bond acceptors (Lipinski definition) is 3. The zero-order chi connectivity index (χ0) is 17.6. The smallest absolute Gasteiger partial charge is 0.193 e. The lowest BCUT2D eigenvalue weighted by Crippen LogP contribution is -2.39. The average molecular weight is 341 g/mol. The monoisotopic (exact) mass is 341 g/mol. The fraction of sp³-hybridized carbons (Fsp3) is 0.474. The molecule has 0 amide bonds. The molecule has 1 aliphatic rings. The summed E-state index contributed by atoms with van der Waals surface area (Å²) in [5.74, 6) is 2.39. The topological polar surface area (TPSA) is 54.7 Å². The van der Waals surface area contributed by atoms with Gasteiger partial charge in [-0.2, -0.15) is 5.10 Å². The molecule has 6 nitrogen and oxygen atoms in total. The van der Waals surface area contributed by atoms with Gasteiger partial charge in [-0.05, 0) is 25.0 Å². The van der Waals surface area contributed by atoms with Crippen LogP contribution < -0.4 is 10.1 Å². The fourth-order valence-corrected chi connectivity index (χ4v) is 3.33. The summed E-state index contributed by atoms with van der Waals surface area (Å²) in [6.07, 6.45) is 5.22. The van der Waals surface area contributed by atoms with E-state index in [0.29, 0.717) is 19.1 Å². The van der Waals surface area contributed by atoms with E-state index >= 15 is 0 Å². The molecule has 2 heterocycles. The number of nitrogens with one attached hydrogen (secondary N) is 1. The number of aromatic nitrogens is 2. The quantitative estimate of drug-likeness (QED) is 0.670. The summed E-state index contributed by atoms with van der Waals surface area (Å²) in [5.41, 5.74) is 2.45. The lowest BCUT2D eigenvalue weighted by molar-refractivity contribution is 0.336. The van der Waals surface area contributed by atoms with Gasteiger partial charge in [0.15, 0.2) is 5.96 Å². The molecule has 1 saturated heterocycles. The van der Waals surface area contributed by atoms with Crippen molar-refractivity contribution < 1.29 is 4.74 Å². The molecule has 0 spiro atoms. The van der Waals surface area contributed by atoms with E-state index in [1.54, 1.807) is 0 Å². The first-order chi connectivity index (χ1) is 12.2. The molecule has 25 heavy (non-hydrogen) atoms. The van der Waals surface area contributed by atoms with Crippen molar-refractivity contribution >= 4 is 5.96 Å². The molecule has 1 aromatic heterocycles. The second-order valence-corrected chi connectivity index (χ2v) is 6.32. The van der Waals surface area contributed by atoms with Crippen molar-refractivity contribution in [3.05, 3.63) is 47.8 Å². The van der Waals surface area contributed by atoms with Crippen LogP contribution in [0.4, 0.5) is 0 Å². The average Bonchev–Trinajstić information content (AvgIpc) is 3.26. The molecular formula is C19H27N5O. The van der Waals surface area contributed by atoms with E-state index in [9.17, 15) is 0 Å². The largest absolute Gasteiger partial charge is 0.494 e. The maximum Gasteiger partial charge on any atom is 0.193 e. The number of nitrogens with zero attached hydrogens (tertiary/aromatic N) is 4. The first kappa shape index (κ1) is 17.3. The van der Waals surface area contributed by atoms with Crippen molar-refractivity contribution in [3.63, 3.8) is 0 Å². The van der Waals surface area contributed by atoms with Gasteiger partial charge in [0.1, 0.15) is 5.75 Å². The van der Waals surface area contributed by atoms with Crippen molar-refractivity contribution in [2.75, 3.05) is 26.7 Å². The Bertz CT molecular complexity index is 724. The minimum atomic E-state index is 0.517. The molecule has 1 atom stereocenters. The second-order valence-electron chi connectivity index (χ2n) is 6.32. The molecule has 134 valence electrons. The Morgan fingerprint density at radius 1 is 1.40 bits per heavy atom. The van der Waals surface area contributed by atoms with Gasteiger partial charge in [0, 0.05) is 51.4 Å². The SMILES string of the molecule is CCOc1ccccc1CNC(=NC)N1CCC(c2cnn(C)c2)C1. The third-order valence-corrected chi connectivity index (χ3v) is 4.61. The standard InChI is InChI=1S/C19H27N5O/c1-4-25-18-8-6-5-7-15(18)11-21-19(20-2)24-10-9-16(14-24)17-12-22-23(3)13-17/h5-8,12-13,16H,4,9-11,14H2,1-3H3,(H,20,21). The molecule has 1 unspecified atom stereocenters. The van der Waals surface area contributed by atoms with Crippen molar-refractivity contribution in [2.24, 2.45) is 12.0 Å². The van der Waals surface area contributed by atoms with Crippen LogP contribution in [0.15, 0.2) is 41.7 Å². The van der Waals surface area contributed by atoms with E-state index < -0.39 is 0 Å². The Hall–Kier alpha value is -2.50. The number of aliphatic imine (C=N–C) groups is 1. The van der Waals surface area contributed by atoms with E-state index in [1.165, 1.54) is 5.56 Å². The van der Waals surface area contributed by atoms with Crippen molar-refractivity contribution in [1.29, 1.82) is 0 Å². The Labute approximate surface area is 149 Å². The Balaban J connectivity index is 1.60. The molecule has 1 aliphatic heterocycles. The number of ether oxygens (including phenoxy) is 1. The minimum Gasteiger partial charge on any atom is -0.494 e. The molecule has 0 bridgehead atoms. The van der Waals surface area contributed by atoms with E-state index in [-0.39, 0.29) is 0 Å². The first-order valence-corrected chi connectivity index (χ1v) is 8.86. The summed E-state index contributed by atoms with van der Waals surface area (Å²) in [6, 6.07) is 8.14. The number of guanidine groups is 1. The summed E-state index contributed by atoms with van der Waals surface area (Å²) in [4.78, 5) is 6.78. The van der Waals surface area contributed by atoms with Crippen LogP contribution in [-0.2, 0) is 13.6 Å². The lowest BCUT2D eigenvalue weighted by Gasteiger charge is -2.22. The molecule has 1 fully saturated rings. The van der Waals surface area contributed by atoms with Crippen LogP contribution in [0.1, 0.15) is 30.4 Å². The maximum absolute atomic E-state index is 5.70. The maximum atomic E-state index is 5.70. The van der Waals surface area contributed by atoms with E-state index in [0.717, 1.165) is 36.8 Å². The predicted octanol–water partition coefficient (Wildman–Crippen LogP) is 2.38. The Morgan fingerprint density at radius 2 is 2.24 bits per heavy atom. The van der Waals surface area contributed by atoms with Crippen molar-refractivity contribution in [2.45, 2.75) is 25.8 Å². The van der Waals surface area contributed by atoms with Gasteiger partial charge in [0.2, 0.25) is 0 Å². The van der Waals surface area contributed by atoms with Gasteiger partial charge in [0.05, 0.1) is 12.8 Å². The Kier molecular flexibility index (Phi) is 5.58. The highest BCUT2D eigenvalue weighted by molar-refractivity contribution is 5.80. The molecule has 1 aromatic carbocycles. The molecular weight excluding hydrogens is 314 g/mol. The zero-order valence-corrected chi connectivity index (χ0v) is 15.3. The summed E-state index contributed by atoms with van der Waals surface area (Å²) in [5, 5.41) is 7.77. The van der Waals surface area contributed by atoms with Gasteiger partial charge in [-0.25, -0.2) is 0 Å². The summed E-state index contributed by atoms with van der Waals surface area (Å²) in [6.45, 7) is 5.36. The molecule has 6 heteroatoms. The number of rotatable bonds is 5. The third-order valence-electron chi connectivity index (χ3n) is 4.61. The highest BCUT2D eigenvalue weighted by Gasteiger charge is 2.26. The lowest BCUT2D eigenvalue weighted by atomic mass is 10.0. The molecule has 0 aliphatic carbocycles. The minimum absolute atomic E-state index is 0.517. The number of para-hydroxylation sites is 1. The summed E-state index contributed by atoms with van der Waals surface area (Å²) in [7, 11) is 3.81. The number of likely N-dealkylation sites (tertiary alicyclic amines) is 1. The molecule has 2 aromatic rings. The highest BCUT2D eigenvalue weighted by atomic mass is 16.5. The van der Waals surface area contributed by atoms with Crippen molar-refractivity contribution in [3.8, 4) is 5.75 Å². The van der Waals surface area contributed by atoms with Crippen LogP contribution in [0.3, 0.4) is 0 Å². The second kappa shape index (κ2) is 8.05. The fourth-order valence-electron chi connectivity index (χ4n) is 3.33. The number of benzene rings is 1. The number of hydrogen-bond donors (Lipinski definition) is 1. The van der Waals surface area contributed by atoms with E-state index in [1.807, 2.05) is 50.1 Å². The van der Waals surface area contributed by atoms with Gasteiger partial charge in [0.25, 0.3) is 0 Å². The summed E-state index contributed by atoms with van der Waals surface area (Å²) >= 11 is 0. The normalized spacial score (nSPS) is 17.8. The summed E-state index contributed by atoms with van der Waals surface area (Å²) < 4.78 is 7.57. The predicted molar refractivity (Wildman–Crippen MR) is 99.9 cm³/mol. The van der Waals surface area contributed by atoms with Crippen LogP contribution in [0.25, 0.3) is 0 Å². The molecule has 1 N–H and O–H groups in total. The highest BCUT2D eigenvalue weighted by Crippen LogP contribution is 2.26. The molecule has 0 radical (unpaired) electrons. The van der Waals surface area contributed by atoms with Gasteiger partial charge >= 0.3 is 0 Å². The van der Waals surface area contributed by atoms with Crippen LogP contribution >= 0.6 is 0 Å². The van der Waals surface area contributed by atoms with Crippen LogP contribution in [0.2, 0.25) is 0 Å². The first-order valence-electron chi connectivity index (χ1n) is 8.86. The van der Waals surface area contributed by atoms with Gasteiger partial charge < -0.3 is 15.0 Å². The van der Waals surface area contributed by atoms with Crippen LogP contribution in [-0.4, -0.2) is 47.4 Å².